The molecule has 59 heavy (non-hydrogen) atoms. The first-order valence-electron chi connectivity index (χ1n) is 21.9. The summed E-state index contributed by atoms with van der Waals surface area (Å²) in [5.41, 5.74) is -1.21. The Morgan fingerprint density at radius 3 is 1.32 bits per heavy atom. The van der Waals surface area contributed by atoms with Crippen molar-refractivity contribution in [1.82, 2.24) is 9.80 Å². The summed E-state index contributed by atoms with van der Waals surface area (Å²) in [7, 11) is 1.63. The molecule has 16 heteroatoms. The number of carbonyl (C=O) groups excluding carboxylic acids is 4. The predicted molar refractivity (Wildman–Crippen MR) is 218 cm³/mol. The molecule has 0 radical (unpaired) electrons. The molecule has 0 aromatic rings. The van der Waals surface area contributed by atoms with Gasteiger partial charge in [-0.15, -0.1) is 0 Å². The molecule has 0 spiro atoms. The first kappa shape index (κ1) is 50.6. The molecule has 2 aliphatic carbocycles. The highest BCUT2D eigenvalue weighted by Crippen LogP contribution is 2.32. The van der Waals surface area contributed by atoms with Crippen molar-refractivity contribution in [3.8, 4) is 0 Å². The zero-order valence-electron chi connectivity index (χ0n) is 37.7. The van der Waals surface area contributed by atoms with Crippen molar-refractivity contribution in [2.24, 2.45) is 11.8 Å². The summed E-state index contributed by atoms with van der Waals surface area (Å²) in [6, 6.07) is -0.699. The predicted octanol–water partition coefficient (Wildman–Crippen LogP) is 5.67. The quantitative estimate of drug-likeness (QED) is 0.157. The number of esters is 2. The Morgan fingerprint density at radius 1 is 0.559 bits per heavy atom. The molecule has 4 fully saturated rings. The molecular weight excluding hydrogens is 768 g/mol. The molecule has 1 N–H and O–H groups in total. The number of aliphatic hydroxyl groups excluding tert-OH is 1. The lowest BCUT2D eigenvalue weighted by Crippen LogP contribution is -2.46. The molecule has 342 valence electrons. The number of hydrogen-bond acceptors (Lipinski definition) is 14. The Morgan fingerprint density at radius 2 is 0.949 bits per heavy atom. The second-order valence-corrected chi connectivity index (χ2v) is 17.7. The maximum atomic E-state index is 12.8. The number of nitrogens with zero attached hydrogens (tertiary/aromatic N) is 2. The minimum absolute atomic E-state index is 0.0150. The number of ether oxygens (including phenoxy) is 9. The van der Waals surface area contributed by atoms with Crippen LogP contribution in [-0.4, -0.2) is 159 Å². The third kappa shape index (κ3) is 15.9. The van der Waals surface area contributed by atoms with E-state index < -0.39 is 35.5 Å². The van der Waals surface area contributed by atoms with Crippen LogP contribution in [0.2, 0.25) is 0 Å². The van der Waals surface area contributed by atoms with Gasteiger partial charge in [0.1, 0.15) is 29.5 Å². The lowest BCUT2D eigenvalue weighted by molar-refractivity contribution is -0.151. The van der Waals surface area contributed by atoms with E-state index in [4.69, 9.17) is 42.6 Å². The molecule has 2 heterocycles. The van der Waals surface area contributed by atoms with E-state index in [0.29, 0.717) is 39.6 Å². The molecule has 0 aromatic heterocycles. The molecule has 16 nitrogen and oxygen atoms in total. The minimum Gasteiger partial charge on any atom is -0.466 e. The maximum absolute atomic E-state index is 12.8. The van der Waals surface area contributed by atoms with Crippen LogP contribution in [0.4, 0.5) is 9.59 Å². The van der Waals surface area contributed by atoms with Gasteiger partial charge in [0.2, 0.25) is 0 Å². The van der Waals surface area contributed by atoms with Crippen molar-refractivity contribution in [2.75, 3.05) is 59.8 Å². The van der Waals surface area contributed by atoms with Crippen LogP contribution >= 0.6 is 0 Å². The maximum Gasteiger partial charge on any atom is 0.410 e. The fraction of sp³-hybridized carbons (Fsp3) is 0.907. The van der Waals surface area contributed by atoms with E-state index in [0.717, 1.165) is 51.4 Å². The van der Waals surface area contributed by atoms with E-state index in [1.807, 2.05) is 69.2 Å². The number of likely N-dealkylation sites (tertiary alicyclic amines) is 2. The normalized spacial score (nSPS) is 30.0. The van der Waals surface area contributed by atoms with Gasteiger partial charge in [-0.05, 0) is 121 Å². The Bertz CT molecular complexity index is 1290. The number of amides is 2. The molecule has 2 amide bonds. The van der Waals surface area contributed by atoms with E-state index in [2.05, 4.69) is 0 Å². The molecule has 4 aliphatic rings. The van der Waals surface area contributed by atoms with Crippen LogP contribution in [0, 0.1) is 11.8 Å². The largest absolute Gasteiger partial charge is 0.466 e. The van der Waals surface area contributed by atoms with Crippen molar-refractivity contribution >= 4 is 24.1 Å². The highest BCUT2D eigenvalue weighted by atomic mass is 16.6. The van der Waals surface area contributed by atoms with E-state index >= 15 is 0 Å². The topological polar surface area (TPSA) is 178 Å². The average molecular weight is 845 g/mol. The summed E-state index contributed by atoms with van der Waals surface area (Å²) in [4.78, 5) is 52.4. The van der Waals surface area contributed by atoms with E-state index in [1.165, 1.54) is 4.90 Å². The Labute approximate surface area is 352 Å². The molecule has 0 bridgehead atoms. The summed E-state index contributed by atoms with van der Waals surface area (Å²) >= 11 is 0. The van der Waals surface area contributed by atoms with Gasteiger partial charge in [0.25, 0.3) is 0 Å². The second kappa shape index (κ2) is 24.0. The summed E-state index contributed by atoms with van der Waals surface area (Å²) in [6.45, 7) is 21.3. The Kier molecular flexibility index (Phi) is 20.6. The monoisotopic (exact) mass is 845 g/mol. The second-order valence-electron chi connectivity index (χ2n) is 17.7. The third-order valence-electron chi connectivity index (χ3n) is 10.9. The molecule has 6 atom stereocenters. The number of methoxy groups -OCH3 is 1. The SMILES string of the molecule is CCOC(=O)C1CCC(OC[C@@H]2[C@@H](OCC)[C@@H](O)CN2C(=O)OC(C)(C)C)CC1.CCOC(=O)C1CCC(OC[C@@H]2[C@@H](OCC)[C@@H](OC)CN2C(=O)OC(C)(C)C)CC1. The highest BCUT2D eigenvalue weighted by Gasteiger charge is 2.48. The lowest BCUT2D eigenvalue weighted by atomic mass is 9.87. The fourth-order valence-corrected chi connectivity index (χ4v) is 8.12. The number of carbonyl (C=O) groups is 4. The Balaban J connectivity index is 0.000000316. The highest BCUT2D eigenvalue weighted by molar-refractivity contribution is 5.73. The average Bonchev–Trinajstić information content (AvgIpc) is 3.69. The van der Waals surface area contributed by atoms with Crippen LogP contribution in [0.15, 0.2) is 0 Å². The van der Waals surface area contributed by atoms with Gasteiger partial charge >= 0.3 is 24.1 Å². The fourth-order valence-electron chi connectivity index (χ4n) is 8.12. The third-order valence-corrected chi connectivity index (χ3v) is 10.9. The van der Waals surface area contributed by atoms with Crippen LogP contribution in [-0.2, 0) is 52.2 Å². The van der Waals surface area contributed by atoms with Crippen molar-refractivity contribution in [1.29, 1.82) is 0 Å². The van der Waals surface area contributed by atoms with Gasteiger partial charge < -0.3 is 47.7 Å². The lowest BCUT2D eigenvalue weighted by Gasteiger charge is -2.32. The van der Waals surface area contributed by atoms with Gasteiger partial charge in [-0.1, -0.05) is 0 Å². The van der Waals surface area contributed by atoms with Gasteiger partial charge in [-0.3, -0.25) is 19.4 Å². The number of rotatable bonds is 15. The summed E-state index contributed by atoms with van der Waals surface area (Å²) < 4.78 is 50.9. The van der Waals surface area contributed by atoms with Crippen molar-refractivity contribution in [2.45, 2.75) is 181 Å². The van der Waals surface area contributed by atoms with Gasteiger partial charge in [-0.25, -0.2) is 9.59 Å². The van der Waals surface area contributed by atoms with E-state index in [-0.39, 0.29) is 73.5 Å². The zero-order chi connectivity index (χ0) is 43.9. The van der Waals surface area contributed by atoms with Crippen molar-refractivity contribution in [3.63, 3.8) is 0 Å². The molecule has 0 unspecified atom stereocenters. The summed E-state index contributed by atoms with van der Waals surface area (Å²) in [5, 5.41) is 10.4. The van der Waals surface area contributed by atoms with Gasteiger partial charge in [0, 0.05) is 20.3 Å². The molecule has 2 saturated heterocycles. The zero-order valence-corrected chi connectivity index (χ0v) is 37.7. The molecule has 0 aromatic carbocycles. The van der Waals surface area contributed by atoms with E-state index in [9.17, 15) is 24.3 Å². The van der Waals surface area contributed by atoms with Gasteiger partial charge in [-0.2, -0.15) is 0 Å². The van der Waals surface area contributed by atoms with Gasteiger partial charge in [0.15, 0.2) is 0 Å². The van der Waals surface area contributed by atoms with Gasteiger partial charge in [0.05, 0.1) is 81.7 Å². The van der Waals surface area contributed by atoms with Crippen LogP contribution in [0.1, 0.15) is 121 Å². The van der Waals surface area contributed by atoms with Crippen LogP contribution < -0.4 is 0 Å². The first-order chi connectivity index (χ1) is 27.9. The standard InChI is InChI=1S/C22H39NO7.C21H37NO7/c1-7-27-19-17(23(13-18(19)26-6)21(25)30-22(3,4)5)14-29-16-11-9-15(10-12-16)20(24)28-8-2;1-6-26-18-16(22(12-17(18)23)20(25)29-21(3,4)5)13-28-15-10-8-14(9-11-15)19(24)27-7-2/h15-19H,7-14H2,1-6H3;14-18,23H,6-13H2,1-5H3/t15?,16?,17-,18+,19-;14?,15?,16-,17+,18-/m11/s1. The number of hydrogen-bond donors (Lipinski definition) is 1. The summed E-state index contributed by atoms with van der Waals surface area (Å²) in [6.07, 6.45) is 3.56. The molecule has 2 aliphatic heterocycles. The molecule has 2 saturated carbocycles. The van der Waals surface area contributed by atoms with Crippen LogP contribution in [0.5, 0.6) is 0 Å². The molecule has 4 rings (SSSR count). The van der Waals surface area contributed by atoms with Crippen LogP contribution in [0.3, 0.4) is 0 Å². The van der Waals surface area contributed by atoms with Crippen LogP contribution in [0.25, 0.3) is 0 Å². The number of β-amino-alcohol motifs (C(OH)–C–C–N with tert-alkyl or cyclic N) is 1. The summed E-state index contributed by atoms with van der Waals surface area (Å²) in [5.74, 6) is -0.333. The molecular formula is C43H76N2O14. The smallest absolute Gasteiger partial charge is 0.410 e. The van der Waals surface area contributed by atoms with Crippen molar-refractivity contribution in [3.05, 3.63) is 0 Å². The number of aliphatic hydroxyl groups is 1. The first-order valence-corrected chi connectivity index (χ1v) is 21.9. The Hall–Kier alpha value is -2.76. The van der Waals surface area contributed by atoms with E-state index in [1.54, 1.807) is 12.0 Å². The minimum atomic E-state index is -0.782. The van der Waals surface area contributed by atoms with Crippen molar-refractivity contribution < 1.29 is 66.9 Å².